The van der Waals surface area contributed by atoms with E-state index in [4.69, 9.17) is 14.2 Å². The van der Waals surface area contributed by atoms with E-state index in [-0.39, 0.29) is 6.42 Å². The second kappa shape index (κ2) is 13.5. The van der Waals surface area contributed by atoms with E-state index in [1.807, 2.05) is 0 Å². The number of nitrogens with one attached hydrogen (secondary N) is 1. The van der Waals surface area contributed by atoms with Crippen LogP contribution in [0.3, 0.4) is 0 Å². The third-order valence-corrected chi connectivity index (χ3v) is 3.85. The minimum atomic E-state index is -1.81. The summed E-state index contributed by atoms with van der Waals surface area (Å²) in [6.45, 7) is 6.30. The molecule has 0 aromatic heterocycles. The van der Waals surface area contributed by atoms with E-state index in [0.29, 0.717) is 0 Å². The highest BCUT2D eigenvalue weighted by atomic mass is 17.0. The number of aliphatic hydroxyl groups excluding tert-OH is 1. The Labute approximate surface area is 201 Å². The molecule has 16 nitrogen and oxygen atoms in total. The summed E-state index contributed by atoms with van der Waals surface area (Å²) in [7, 11) is 0. The Hall–Kier alpha value is -3.43. The van der Waals surface area contributed by atoms with Crippen molar-refractivity contribution >= 4 is 18.0 Å². The highest BCUT2D eigenvalue weighted by molar-refractivity contribution is 5.82. The number of hydrogen-bond donors (Lipinski definition) is 2. The van der Waals surface area contributed by atoms with Crippen molar-refractivity contribution in [1.82, 2.24) is 5.32 Å². The Morgan fingerprint density at radius 2 is 1.37 bits per heavy atom. The van der Waals surface area contributed by atoms with Gasteiger partial charge in [0, 0.05) is 6.42 Å². The van der Waals surface area contributed by atoms with Gasteiger partial charge in [0.1, 0.15) is 37.1 Å². The van der Waals surface area contributed by atoms with Crippen LogP contribution in [0.5, 0.6) is 0 Å². The largest absolute Gasteiger partial charge is 0.465 e. The van der Waals surface area contributed by atoms with E-state index in [1.165, 1.54) is 0 Å². The predicted molar refractivity (Wildman–Crippen MR) is 115 cm³/mol. The van der Waals surface area contributed by atoms with Gasteiger partial charge in [0.05, 0.1) is 12.0 Å². The van der Waals surface area contributed by atoms with E-state index in [0.717, 1.165) is 0 Å². The Balaban J connectivity index is 5.24. The molecule has 0 aliphatic carbocycles. The number of carbonyl (C=O) groups excluding carboxylic acids is 3. The number of nitrogens with zero attached hydrogens (tertiary/aromatic N) is 2. The molecule has 0 unspecified atom stereocenters. The first-order valence-corrected chi connectivity index (χ1v) is 10.4. The lowest BCUT2D eigenvalue weighted by Crippen LogP contribution is -2.46. The number of carbonyl (C=O) groups is 3. The van der Waals surface area contributed by atoms with Crippen LogP contribution in [0.2, 0.25) is 0 Å². The molecule has 2 N–H and O–H groups in total. The molecule has 0 saturated carbocycles. The quantitative estimate of drug-likeness (QED) is 0.144. The fraction of sp³-hybridized carbons (Fsp3) is 0.842. The Morgan fingerprint density at radius 1 is 0.886 bits per heavy atom. The number of ether oxygens (including phenoxy) is 3. The Bertz CT molecular complexity index is 740. The summed E-state index contributed by atoms with van der Waals surface area (Å²) in [5.74, 6) is -1.77. The summed E-state index contributed by atoms with van der Waals surface area (Å²) in [5, 5.41) is 30.5. The highest BCUT2D eigenvalue weighted by Crippen LogP contribution is 2.20. The zero-order valence-electron chi connectivity index (χ0n) is 20.6. The van der Waals surface area contributed by atoms with Crippen LogP contribution in [0.15, 0.2) is 0 Å². The van der Waals surface area contributed by atoms with E-state index in [1.54, 1.807) is 41.5 Å². The molecule has 0 aliphatic rings. The number of amides is 1. The standard InChI is InChI=1S/C19H33N3O13/c1-17(2,3)34-15(25)13(20-16(26)35-18(4,5)6)7-8-14(24)31-10-19(9-23,11-32-21(27)28)12-33-22(29)30/h13,23H,7-12H2,1-6H3,(H,20,26)/t13-/m0/s1. The van der Waals surface area contributed by atoms with Crippen LogP contribution in [0.4, 0.5) is 4.79 Å². The summed E-state index contributed by atoms with van der Waals surface area (Å²) in [5.41, 5.74) is -3.55. The molecule has 1 amide bonds. The average molecular weight is 511 g/mol. The first-order chi connectivity index (χ1) is 15.9. The summed E-state index contributed by atoms with van der Waals surface area (Å²) < 4.78 is 15.3. The lowest BCUT2D eigenvalue weighted by Gasteiger charge is -2.29. The van der Waals surface area contributed by atoms with Crippen molar-refractivity contribution in [3.05, 3.63) is 20.2 Å². The summed E-state index contributed by atoms with van der Waals surface area (Å²) >= 11 is 0. The maximum atomic E-state index is 12.5. The maximum Gasteiger partial charge on any atom is 0.408 e. The van der Waals surface area contributed by atoms with Crippen molar-refractivity contribution in [1.29, 1.82) is 0 Å². The Kier molecular flexibility index (Phi) is 12.1. The molecule has 0 aromatic carbocycles. The van der Waals surface area contributed by atoms with Crippen molar-refractivity contribution in [2.45, 2.75) is 71.6 Å². The molecule has 0 saturated heterocycles. The van der Waals surface area contributed by atoms with Crippen molar-refractivity contribution < 1.29 is 53.5 Å². The second-order valence-corrected chi connectivity index (χ2v) is 9.58. The first-order valence-electron chi connectivity index (χ1n) is 10.4. The van der Waals surface area contributed by atoms with Crippen LogP contribution in [-0.2, 0) is 33.5 Å². The molecular weight excluding hydrogens is 478 g/mol. The van der Waals surface area contributed by atoms with Gasteiger partial charge in [-0.1, -0.05) is 0 Å². The fourth-order valence-electron chi connectivity index (χ4n) is 2.28. The SMILES string of the molecule is CC(C)(C)OC(=O)N[C@@H](CCC(=O)OCC(CO)(CO[N+](=O)[O-])CO[N+](=O)[O-])C(=O)OC(C)(C)C. The lowest BCUT2D eigenvalue weighted by molar-refractivity contribution is -0.772. The summed E-state index contributed by atoms with van der Waals surface area (Å²) in [4.78, 5) is 66.2. The van der Waals surface area contributed by atoms with Gasteiger partial charge in [-0.2, -0.15) is 0 Å². The van der Waals surface area contributed by atoms with Gasteiger partial charge in [0.15, 0.2) is 0 Å². The third kappa shape index (κ3) is 15.2. The average Bonchev–Trinajstić information content (AvgIpc) is 2.68. The van der Waals surface area contributed by atoms with E-state index < -0.39 is 83.7 Å². The molecule has 0 aromatic rings. The normalized spacial score (nSPS) is 12.7. The minimum absolute atomic E-state index is 0.268. The van der Waals surface area contributed by atoms with E-state index in [2.05, 4.69) is 15.0 Å². The van der Waals surface area contributed by atoms with Gasteiger partial charge in [-0.15, -0.1) is 20.2 Å². The zero-order valence-corrected chi connectivity index (χ0v) is 20.6. The summed E-state index contributed by atoms with van der Waals surface area (Å²) in [6, 6.07) is -1.28. The predicted octanol–water partition coefficient (Wildman–Crippen LogP) is 0.940. The number of aliphatic hydroxyl groups is 1. The van der Waals surface area contributed by atoms with Gasteiger partial charge in [0.25, 0.3) is 10.2 Å². The molecular formula is C19H33N3O13. The minimum Gasteiger partial charge on any atom is -0.465 e. The van der Waals surface area contributed by atoms with Crippen molar-refractivity contribution in [3.8, 4) is 0 Å². The molecule has 0 bridgehead atoms. The highest BCUT2D eigenvalue weighted by Gasteiger charge is 2.35. The first kappa shape index (κ1) is 31.6. The molecule has 16 heteroatoms. The van der Waals surface area contributed by atoms with Gasteiger partial charge < -0.3 is 34.3 Å². The van der Waals surface area contributed by atoms with Crippen molar-refractivity contribution in [3.63, 3.8) is 0 Å². The Morgan fingerprint density at radius 3 is 1.77 bits per heavy atom. The van der Waals surface area contributed by atoms with Crippen molar-refractivity contribution in [2.24, 2.45) is 5.41 Å². The van der Waals surface area contributed by atoms with Crippen LogP contribution in [-0.4, -0.2) is 77.0 Å². The molecule has 0 aliphatic heterocycles. The van der Waals surface area contributed by atoms with Crippen molar-refractivity contribution in [2.75, 3.05) is 26.4 Å². The molecule has 0 rings (SSSR count). The number of hydrogen-bond acceptors (Lipinski definition) is 13. The van der Waals surface area contributed by atoms with Crippen LogP contribution in [0, 0.1) is 25.6 Å². The van der Waals surface area contributed by atoms with Crippen LogP contribution >= 0.6 is 0 Å². The van der Waals surface area contributed by atoms with Gasteiger partial charge in [0.2, 0.25) is 0 Å². The van der Waals surface area contributed by atoms with Gasteiger partial charge in [-0.25, -0.2) is 9.59 Å². The molecule has 35 heavy (non-hydrogen) atoms. The van der Waals surface area contributed by atoms with Crippen LogP contribution < -0.4 is 5.32 Å². The molecule has 202 valence electrons. The molecule has 0 fully saturated rings. The third-order valence-electron chi connectivity index (χ3n) is 3.85. The van der Waals surface area contributed by atoms with Gasteiger partial charge >= 0.3 is 18.0 Å². The van der Waals surface area contributed by atoms with Gasteiger partial charge in [-0.05, 0) is 48.0 Å². The number of rotatable bonds is 14. The van der Waals surface area contributed by atoms with E-state index >= 15 is 0 Å². The van der Waals surface area contributed by atoms with E-state index in [9.17, 15) is 39.7 Å². The van der Waals surface area contributed by atoms with Gasteiger partial charge in [-0.3, -0.25) is 4.79 Å². The smallest absolute Gasteiger partial charge is 0.408 e. The molecule has 0 heterocycles. The number of esters is 2. The maximum absolute atomic E-state index is 12.5. The molecule has 0 radical (unpaired) electrons. The fourth-order valence-corrected chi connectivity index (χ4v) is 2.28. The molecule has 0 spiro atoms. The van der Waals surface area contributed by atoms with Crippen LogP contribution in [0.1, 0.15) is 54.4 Å². The lowest BCUT2D eigenvalue weighted by atomic mass is 9.92. The topological polar surface area (TPSA) is 216 Å². The van der Waals surface area contributed by atoms with Crippen LogP contribution in [0.25, 0.3) is 0 Å². The second-order valence-electron chi connectivity index (χ2n) is 9.58. The zero-order chi connectivity index (χ0) is 27.4. The molecule has 1 atom stereocenters. The monoisotopic (exact) mass is 511 g/mol. The number of alkyl carbamates (subject to hydrolysis) is 1. The summed E-state index contributed by atoms with van der Waals surface area (Å²) in [6.07, 6.45) is -1.63.